The first-order valence-electron chi connectivity index (χ1n) is 12.2. The predicted octanol–water partition coefficient (Wildman–Crippen LogP) is 4.54. The first-order chi connectivity index (χ1) is 15.5. The van der Waals surface area contributed by atoms with Gasteiger partial charge in [0.15, 0.2) is 0 Å². The molecule has 2 aliphatic rings. The number of nitrogens with one attached hydrogen (secondary N) is 1. The summed E-state index contributed by atoms with van der Waals surface area (Å²) >= 11 is 0. The van der Waals surface area contributed by atoms with Crippen LogP contribution in [0.1, 0.15) is 50.2 Å². The molecule has 32 heavy (non-hydrogen) atoms. The lowest BCUT2D eigenvalue weighted by Gasteiger charge is -2.40. The molecule has 6 heteroatoms. The second-order valence-corrected chi connectivity index (χ2v) is 10.9. The van der Waals surface area contributed by atoms with E-state index in [4.69, 9.17) is 0 Å². The maximum absolute atomic E-state index is 12.8. The Labute approximate surface area is 193 Å². The van der Waals surface area contributed by atoms with Crippen LogP contribution in [-0.4, -0.2) is 57.0 Å². The number of hydrogen-bond acceptors (Lipinski definition) is 4. The van der Waals surface area contributed by atoms with Crippen LogP contribution in [0.5, 0.6) is 0 Å². The number of piperidine rings is 2. The molecule has 0 atom stereocenters. The molecule has 0 spiro atoms. The van der Waals surface area contributed by atoms with Crippen molar-refractivity contribution >= 4 is 15.7 Å². The molecule has 2 aromatic carbocycles. The van der Waals surface area contributed by atoms with Crippen molar-refractivity contribution in [2.45, 2.75) is 62.8 Å². The highest BCUT2D eigenvalue weighted by atomic mass is 32.2. The molecule has 174 valence electrons. The summed E-state index contributed by atoms with van der Waals surface area (Å²) in [6.45, 7) is 8.00. The normalized spacial score (nSPS) is 19.2. The van der Waals surface area contributed by atoms with Gasteiger partial charge >= 0.3 is 0 Å². The molecule has 0 saturated carbocycles. The van der Waals surface area contributed by atoms with Gasteiger partial charge in [-0.15, -0.1) is 0 Å². The number of rotatable bonds is 8. The summed E-state index contributed by atoms with van der Waals surface area (Å²) in [5, 5.41) is 0. The number of anilines is 1. The van der Waals surface area contributed by atoms with Gasteiger partial charge in [-0.05, 0) is 100 Å². The van der Waals surface area contributed by atoms with Gasteiger partial charge in [-0.2, -0.15) is 0 Å². The van der Waals surface area contributed by atoms with E-state index in [1.165, 1.54) is 63.8 Å². The van der Waals surface area contributed by atoms with Crippen molar-refractivity contribution < 1.29 is 8.42 Å². The van der Waals surface area contributed by atoms with Crippen LogP contribution in [0, 0.1) is 0 Å². The molecule has 2 fully saturated rings. The Morgan fingerprint density at radius 3 is 2.31 bits per heavy atom. The molecule has 0 aliphatic carbocycles. The molecule has 2 aromatic rings. The molecule has 0 radical (unpaired) electrons. The van der Waals surface area contributed by atoms with Gasteiger partial charge in [0, 0.05) is 18.3 Å². The largest absolute Gasteiger partial charge is 0.303 e. The number of nitrogens with zero attached hydrogens (tertiary/aromatic N) is 2. The Morgan fingerprint density at radius 2 is 1.62 bits per heavy atom. The quantitative estimate of drug-likeness (QED) is 0.635. The predicted molar refractivity (Wildman–Crippen MR) is 132 cm³/mol. The second-order valence-electron chi connectivity index (χ2n) is 9.22. The summed E-state index contributed by atoms with van der Waals surface area (Å²) in [5.41, 5.74) is 2.93. The lowest BCUT2D eigenvalue weighted by molar-refractivity contribution is 0.0931. The van der Waals surface area contributed by atoms with E-state index in [2.05, 4.69) is 27.5 Å². The molecular weight excluding hydrogens is 418 g/mol. The van der Waals surface area contributed by atoms with Gasteiger partial charge in [-0.3, -0.25) is 4.72 Å². The Morgan fingerprint density at radius 1 is 0.906 bits per heavy atom. The Bertz CT molecular complexity index is 961. The van der Waals surface area contributed by atoms with Crippen molar-refractivity contribution in [3.63, 3.8) is 0 Å². The number of sulfonamides is 1. The van der Waals surface area contributed by atoms with E-state index in [-0.39, 0.29) is 0 Å². The van der Waals surface area contributed by atoms with Crippen LogP contribution in [0.4, 0.5) is 5.69 Å². The van der Waals surface area contributed by atoms with E-state index < -0.39 is 10.0 Å². The molecule has 2 aliphatic heterocycles. The summed E-state index contributed by atoms with van der Waals surface area (Å²) in [6, 6.07) is 15.7. The summed E-state index contributed by atoms with van der Waals surface area (Å²) in [7, 11) is -3.57. The van der Waals surface area contributed by atoms with Crippen molar-refractivity contribution in [1.29, 1.82) is 0 Å². The van der Waals surface area contributed by atoms with E-state index in [0.29, 0.717) is 10.6 Å². The van der Waals surface area contributed by atoms with Crippen LogP contribution in [0.25, 0.3) is 0 Å². The zero-order valence-corrected chi connectivity index (χ0v) is 20.1. The standard InChI is InChI=1S/C26H37N3O2S/c1-2-22-9-11-26(12-10-22)32(30,31)27-24-8-6-7-23(21-24)13-18-28-19-14-25(15-20-28)29-16-4-3-5-17-29/h6-12,21,25,27H,2-5,13-20H2,1H3. The minimum absolute atomic E-state index is 0.302. The van der Waals surface area contributed by atoms with Crippen LogP contribution >= 0.6 is 0 Å². The van der Waals surface area contributed by atoms with E-state index in [1.54, 1.807) is 12.1 Å². The van der Waals surface area contributed by atoms with Gasteiger partial charge in [0.25, 0.3) is 10.0 Å². The molecule has 2 heterocycles. The van der Waals surface area contributed by atoms with Crippen molar-refractivity contribution in [1.82, 2.24) is 9.80 Å². The molecule has 0 amide bonds. The smallest absolute Gasteiger partial charge is 0.261 e. The lowest BCUT2D eigenvalue weighted by atomic mass is 9.99. The fourth-order valence-electron chi connectivity index (χ4n) is 4.99. The molecular formula is C26H37N3O2S. The average molecular weight is 456 g/mol. The molecule has 0 bridgehead atoms. The van der Waals surface area contributed by atoms with E-state index >= 15 is 0 Å². The third-order valence-corrected chi connectivity index (χ3v) is 8.40. The molecule has 1 N–H and O–H groups in total. The highest BCUT2D eigenvalue weighted by molar-refractivity contribution is 7.92. The topological polar surface area (TPSA) is 52.7 Å². The van der Waals surface area contributed by atoms with Crippen molar-refractivity contribution in [3.05, 3.63) is 59.7 Å². The van der Waals surface area contributed by atoms with Crippen LogP contribution in [-0.2, 0) is 22.9 Å². The van der Waals surface area contributed by atoms with Gasteiger partial charge < -0.3 is 9.80 Å². The summed E-state index contributed by atoms with van der Waals surface area (Å²) in [4.78, 5) is 5.58. The fourth-order valence-corrected chi connectivity index (χ4v) is 6.04. The maximum Gasteiger partial charge on any atom is 0.261 e. The fraction of sp³-hybridized carbons (Fsp3) is 0.538. The minimum Gasteiger partial charge on any atom is -0.303 e. The third-order valence-electron chi connectivity index (χ3n) is 7.00. The first kappa shape index (κ1) is 23.3. The zero-order valence-electron chi connectivity index (χ0n) is 19.3. The third kappa shape index (κ3) is 6.12. The molecule has 2 saturated heterocycles. The average Bonchev–Trinajstić information content (AvgIpc) is 2.84. The van der Waals surface area contributed by atoms with E-state index in [1.807, 2.05) is 30.3 Å². The second kappa shape index (κ2) is 10.8. The van der Waals surface area contributed by atoms with Gasteiger partial charge in [0.05, 0.1) is 4.90 Å². The van der Waals surface area contributed by atoms with Crippen molar-refractivity contribution in [3.8, 4) is 0 Å². The number of aryl methyl sites for hydroxylation is 1. The Kier molecular flexibility index (Phi) is 7.87. The van der Waals surface area contributed by atoms with Gasteiger partial charge in [-0.1, -0.05) is 37.6 Å². The van der Waals surface area contributed by atoms with Crippen molar-refractivity contribution in [2.75, 3.05) is 37.4 Å². The van der Waals surface area contributed by atoms with Crippen LogP contribution in [0.2, 0.25) is 0 Å². The Balaban J connectivity index is 1.28. The lowest BCUT2D eigenvalue weighted by Crippen LogP contribution is -2.47. The number of likely N-dealkylation sites (tertiary alicyclic amines) is 2. The van der Waals surface area contributed by atoms with Crippen molar-refractivity contribution in [2.24, 2.45) is 0 Å². The van der Waals surface area contributed by atoms with Gasteiger partial charge in [-0.25, -0.2) is 8.42 Å². The van der Waals surface area contributed by atoms with Gasteiger partial charge in [0.2, 0.25) is 0 Å². The first-order valence-corrected chi connectivity index (χ1v) is 13.7. The highest BCUT2D eigenvalue weighted by Gasteiger charge is 2.25. The molecule has 5 nitrogen and oxygen atoms in total. The molecule has 0 aromatic heterocycles. The minimum atomic E-state index is -3.57. The summed E-state index contributed by atoms with van der Waals surface area (Å²) in [5.74, 6) is 0. The number of benzene rings is 2. The van der Waals surface area contributed by atoms with E-state index in [9.17, 15) is 8.42 Å². The molecule has 4 rings (SSSR count). The number of hydrogen-bond donors (Lipinski definition) is 1. The maximum atomic E-state index is 12.8. The monoisotopic (exact) mass is 455 g/mol. The summed E-state index contributed by atoms with van der Waals surface area (Å²) < 4.78 is 28.3. The van der Waals surface area contributed by atoms with E-state index in [0.717, 1.165) is 31.0 Å². The van der Waals surface area contributed by atoms with Gasteiger partial charge in [0.1, 0.15) is 0 Å². The van der Waals surface area contributed by atoms with Crippen LogP contribution in [0.3, 0.4) is 0 Å². The highest BCUT2D eigenvalue weighted by Crippen LogP contribution is 2.22. The Hall–Kier alpha value is -1.89. The molecule has 0 unspecified atom stereocenters. The zero-order chi connectivity index (χ0) is 22.4. The van der Waals surface area contributed by atoms with Crippen LogP contribution in [0.15, 0.2) is 53.4 Å². The summed E-state index contributed by atoms with van der Waals surface area (Å²) in [6.07, 6.45) is 8.51. The SMILES string of the molecule is CCc1ccc(S(=O)(=O)Nc2cccc(CCN3CCC(N4CCCCC4)CC3)c2)cc1. The van der Waals surface area contributed by atoms with Crippen LogP contribution < -0.4 is 4.72 Å².